The summed E-state index contributed by atoms with van der Waals surface area (Å²) in [5, 5.41) is 7.45. The van der Waals surface area contributed by atoms with Crippen molar-refractivity contribution in [3.8, 4) is 0 Å². The second-order valence-corrected chi connectivity index (χ2v) is 7.15. The van der Waals surface area contributed by atoms with Gasteiger partial charge in [0.25, 0.3) is 5.91 Å². The van der Waals surface area contributed by atoms with Crippen LogP contribution in [0, 0.1) is 5.41 Å². The normalized spacial score (nSPS) is 26.1. The summed E-state index contributed by atoms with van der Waals surface area (Å²) < 4.78 is 7.30. The number of amides is 1. The molecule has 0 radical (unpaired) electrons. The van der Waals surface area contributed by atoms with Crippen LogP contribution in [0.2, 0.25) is 0 Å². The molecule has 3 aliphatic heterocycles. The zero-order valence-electron chi connectivity index (χ0n) is 13.2. The molecule has 1 unspecified atom stereocenters. The van der Waals surface area contributed by atoms with Crippen LogP contribution in [0.25, 0.3) is 0 Å². The standard InChI is InChI=1S/C16H24N4O2/c1-12-3-2-4-14-13(7-18-20(12)14)15(21)17-5-6-19-8-16(9-19)10-22-11-16/h7,12H,2-6,8-11H2,1H3,(H,17,21). The van der Waals surface area contributed by atoms with E-state index in [1.807, 2.05) is 4.68 Å². The van der Waals surface area contributed by atoms with Crippen molar-refractivity contribution in [3.05, 3.63) is 17.5 Å². The third-order valence-corrected chi connectivity index (χ3v) is 5.24. The highest BCUT2D eigenvalue weighted by Crippen LogP contribution is 2.36. The molecule has 1 aromatic rings. The molecular weight excluding hydrogens is 280 g/mol. The number of aromatic nitrogens is 2. The first-order chi connectivity index (χ1) is 10.7. The van der Waals surface area contributed by atoms with Crippen molar-refractivity contribution in [3.63, 3.8) is 0 Å². The average Bonchev–Trinajstić information content (AvgIpc) is 2.84. The molecule has 120 valence electrons. The van der Waals surface area contributed by atoms with Gasteiger partial charge in [-0.3, -0.25) is 9.48 Å². The monoisotopic (exact) mass is 304 g/mol. The minimum absolute atomic E-state index is 0.0255. The van der Waals surface area contributed by atoms with Gasteiger partial charge in [-0.25, -0.2) is 0 Å². The Morgan fingerprint density at radius 3 is 3.05 bits per heavy atom. The van der Waals surface area contributed by atoms with E-state index in [1.54, 1.807) is 6.20 Å². The van der Waals surface area contributed by atoms with Crippen molar-refractivity contribution < 1.29 is 9.53 Å². The maximum Gasteiger partial charge on any atom is 0.254 e. The molecule has 1 spiro atoms. The summed E-state index contributed by atoms with van der Waals surface area (Å²) in [5.41, 5.74) is 2.32. The lowest BCUT2D eigenvalue weighted by Crippen LogP contribution is -2.66. The number of likely N-dealkylation sites (tertiary alicyclic amines) is 1. The van der Waals surface area contributed by atoms with Crippen LogP contribution in [0.1, 0.15) is 41.9 Å². The third-order valence-electron chi connectivity index (χ3n) is 5.24. The van der Waals surface area contributed by atoms with Crippen molar-refractivity contribution in [1.82, 2.24) is 20.0 Å². The number of carbonyl (C=O) groups excluding carboxylic acids is 1. The van der Waals surface area contributed by atoms with Crippen LogP contribution >= 0.6 is 0 Å². The largest absolute Gasteiger partial charge is 0.380 e. The fourth-order valence-corrected chi connectivity index (χ4v) is 3.95. The number of carbonyl (C=O) groups is 1. The van der Waals surface area contributed by atoms with Crippen molar-refractivity contribution in [2.75, 3.05) is 39.4 Å². The molecule has 3 aliphatic rings. The van der Waals surface area contributed by atoms with E-state index in [-0.39, 0.29) is 5.91 Å². The van der Waals surface area contributed by atoms with Gasteiger partial charge in [-0.15, -0.1) is 0 Å². The number of fused-ring (bicyclic) bond motifs is 1. The zero-order chi connectivity index (χ0) is 15.2. The lowest BCUT2D eigenvalue weighted by molar-refractivity contribution is -0.188. The molecule has 6 heteroatoms. The summed E-state index contributed by atoms with van der Waals surface area (Å²) in [4.78, 5) is 14.8. The lowest BCUT2D eigenvalue weighted by Gasteiger charge is -2.55. The molecule has 4 rings (SSSR count). The number of nitrogens with zero attached hydrogens (tertiary/aromatic N) is 3. The van der Waals surface area contributed by atoms with Gasteiger partial charge < -0.3 is 15.0 Å². The third kappa shape index (κ3) is 2.34. The van der Waals surface area contributed by atoms with Crippen LogP contribution in [-0.2, 0) is 11.2 Å². The van der Waals surface area contributed by atoms with Crippen LogP contribution in [0.3, 0.4) is 0 Å². The Balaban J connectivity index is 1.28. The Kier molecular flexibility index (Phi) is 3.46. The number of nitrogens with one attached hydrogen (secondary N) is 1. The highest BCUT2D eigenvalue weighted by atomic mass is 16.5. The predicted octanol–water partition coefficient (Wildman–Crippen LogP) is 0.842. The van der Waals surface area contributed by atoms with Gasteiger partial charge in [0.15, 0.2) is 0 Å². The van der Waals surface area contributed by atoms with Gasteiger partial charge in [-0.2, -0.15) is 5.10 Å². The molecule has 4 heterocycles. The first kappa shape index (κ1) is 14.2. The molecule has 1 N–H and O–H groups in total. The Morgan fingerprint density at radius 1 is 1.50 bits per heavy atom. The van der Waals surface area contributed by atoms with Crippen molar-refractivity contribution >= 4 is 5.91 Å². The Labute approximate surface area is 130 Å². The molecule has 2 saturated heterocycles. The summed E-state index contributed by atoms with van der Waals surface area (Å²) in [5.74, 6) is 0.0255. The minimum Gasteiger partial charge on any atom is -0.380 e. The number of ether oxygens (including phenoxy) is 1. The Morgan fingerprint density at radius 2 is 2.32 bits per heavy atom. The maximum absolute atomic E-state index is 12.4. The summed E-state index contributed by atoms with van der Waals surface area (Å²) in [6, 6.07) is 0.410. The van der Waals surface area contributed by atoms with Crippen molar-refractivity contribution in [1.29, 1.82) is 0 Å². The Hall–Kier alpha value is -1.40. The van der Waals surface area contributed by atoms with Crippen LogP contribution in [-0.4, -0.2) is 60.0 Å². The Bertz CT molecular complexity index is 571. The van der Waals surface area contributed by atoms with Gasteiger partial charge in [0.05, 0.1) is 30.7 Å². The average molecular weight is 304 g/mol. The summed E-state index contributed by atoms with van der Waals surface area (Å²) >= 11 is 0. The SMILES string of the molecule is CC1CCCc2c(C(=O)NCCN3CC4(COC4)C3)cnn21. The molecular formula is C16H24N4O2. The topological polar surface area (TPSA) is 59.4 Å². The summed E-state index contributed by atoms with van der Waals surface area (Å²) in [6.07, 6.45) is 4.99. The van der Waals surface area contributed by atoms with Gasteiger partial charge in [0.2, 0.25) is 0 Å². The van der Waals surface area contributed by atoms with E-state index in [2.05, 4.69) is 22.2 Å². The molecule has 1 atom stereocenters. The smallest absolute Gasteiger partial charge is 0.254 e. The maximum atomic E-state index is 12.4. The molecule has 0 saturated carbocycles. The van der Waals surface area contributed by atoms with Crippen molar-refractivity contribution in [2.45, 2.75) is 32.2 Å². The fourth-order valence-electron chi connectivity index (χ4n) is 3.95. The molecule has 2 fully saturated rings. The summed E-state index contributed by atoms with van der Waals surface area (Å²) in [7, 11) is 0. The molecule has 1 aromatic heterocycles. The molecule has 1 amide bonds. The predicted molar refractivity (Wildman–Crippen MR) is 81.9 cm³/mol. The summed E-state index contributed by atoms with van der Waals surface area (Å²) in [6.45, 7) is 7.85. The van der Waals surface area contributed by atoms with Crippen LogP contribution in [0.4, 0.5) is 0 Å². The second kappa shape index (κ2) is 5.35. The molecule has 0 bridgehead atoms. The van der Waals surface area contributed by atoms with E-state index in [9.17, 15) is 4.79 Å². The molecule has 0 aromatic carbocycles. The number of rotatable bonds is 4. The molecule has 22 heavy (non-hydrogen) atoms. The number of hydrogen-bond acceptors (Lipinski definition) is 4. The van der Waals surface area contributed by atoms with Crippen LogP contribution in [0.5, 0.6) is 0 Å². The quantitative estimate of drug-likeness (QED) is 0.895. The van der Waals surface area contributed by atoms with E-state index < -0.39 is 0 Å². The fraction of sp³-hybridized carbons (Fsp3) is 0.750. The highest BCUT2D eigenvalue weighted by molar-refractivity contribution is 5.95. The van der Waals surface area contributed by atoms with Gasteiger partial charge in [0, 0.05) is 37.6 Å². The van der Waals surface area contributed by atoms with Crippen LogP contribution in [0.15, 0.2) is 6.20 Å². The van der Waals surface area contributed by atoms with E-state index in [0.29, 0.717) is 18.0 Å². The van der Waals surface area contributed by atoms with E-state index in [4.69, 9.17) is 4.74 Å². The van der Waals surface area contributed by atoms with E-state index >= 15 is 0 Å². The van der Waals surface area contributed by atoms with E-state index in [0.717, 1.165) is 63.4 Å². The highest BCUT2D eigenvalue weighted by Gasteiger charge is 2.48. The van der Waals surface area contributed by atoms with Gasteiger partial charge in [-0.05, 0) is 26.2 Å². The molecule has 6 nitrogen and oxygen atoms in total. The van der Waals surface area contributed by atoms with Crippen LogP contribution < -0.4 is 5.32 Å². The van der Waals surface area contributed by atoms with Gasteiger partial charge >= 0.3 is 0 Å². The second-order valence-electron chi connectivity index (χ2n) is 7.15. The van der Waals surface area contributed by atoms with E-state index in [1.165, 1.54) is 0 Å². The van der Waals surface area contributed by atoms with Crippen molar-refractivity contribution in [2.24, 2.45) is 5.41 Å². The minimum atomic E-state index is 0.0255. The zero-order valence-corrected chi connectivity index (χ0v) is 13.2. The molecule has 0 aliphatic carbocycles. The lowest BCUT2D eigenvalue weighted by atomic mass is 9.78. The van der Waals surface area contributed by atoms with Gasteiger partial charge in [0.1, 0.15) is 0 Å². The van der Waals surface area contributed by atoms with Gasteiger partial charge in [-0.1, -0.05) is 0 Å². The first-order valence-electron chi connectivity index (χ1n) is 8.32. The first-order valence-corrected chi connectivity index (χ1v) is 8.32. The number of hydrogen-bond donors (Lipinski definition) is 1.